The molecule has 0 aliphatic rings. The van der Waals surface area contributed by atoms with Crippen LogP contribution in [0.15, 0.2) is 12.1 Å². The maximum Gasteiger partial charge on any atom is 0.435 e. The summed E-state index contributed by atoms with van der Waals surface area (Å²) in [5, 5.41) is 19.3. The van der Waals surface area contributed by atoms with E-state index in [-0.39, 0.29) is 5.82 Å². The summed E-state index contributed by atoms with van der Waals surface area (Å²) in [5.74, 6) is 0.176. The van der Waals surface area contributed by atoms with Crippen molar-refractivity contribution in [1.29, 1.82) is 0 Å². The fourth-order valence-electron chi connectivity index (χ4n) is 1.02. The molecule has 102 valence electrons. The highest BCUT2D eigenvalue weighted by molar-refractivity contribution is 5.37. The summed E-state index contributed by atoms with van der Waals surface area (Å²) in [6.45, 7) is 6.62. The van der Waals surface area contributed by atoms with Gasteiger partial charge in [-0.1, -0.05) is 0 Å². The monoisotopic (exact) mass is 263 g/mol. The molecule has 0 radical (unpaired) electrons. The molecule has 0 aliphatic heterocycles. The van der Waals surface area contributed by atoms with Gasteiger partial charge in [0.1, 0.15) is 5.82 Å². The van der Waals surface area contributed by atoms with Crippen LogP contribution in [0.4, 0.5) is 19.0 Å². The molecule has 0 bridgehead atoms. The van der Waals surface area contributed by atoms with Gasteiger partial charge in [-0.05, 0) is 39.8 Å². The zero-order chi connectivity index (χ0) is 14.2. The lowest BCUT2D eigenvalue weighted by atomic mass is 9.86. The van der Waals surface area contributed by atoms with E-state index in [1.165, 1.54) is 6.07 Å². The summed E-state index contributed by atoms with van der Waals surface area (Å²) < 4.78 is 36.9. The third-order valence-corrected chi connectivity index (χ3v) is 2.93. The van der Waals surface area contributed by atoms with Crippen molar-refractivity contribution in [3.05, 3.63) is 17.8 Å². The Bertz CT molecular complexity index is 407. The van der Waals surface area contributed by atoms with E-state index in [0.717, 1.165) is 6.07 Å². The van der Waals surface area contributed by atoms with E-state index in [1.807, 2.05) is 0 Å². The first kappa shape index (κ1) is 14.7. The number of aliphatic hydroxyl groups is 1. The van der Waals surface area contributed by atoms with Gasteiger partial charge < -0.3 is 10.4 Å². The lowest BCUT2D eigenvalue weighted by molar-refractivity contribution is -0.141. The van der Waals surface area contributed by atoms with Crippen LogP contribution in [-0.4, -0.2) is 26.4 Å². The Morgan fingerprint density at radius 2 is 1.61 bits per heavy atom. The fraction of sp³-hybridized carbons (Fsp3) is 0.636. The quantitative estimate of drug-likeness (QED) is 0.879. The van der Waals surface area contributed by atoms with Crippen molar-refractivity contribution in [2.24, 2.45) is 0 Å². The van der Waals surface area contributed by atoms with E-state index < -0.39 is 23.0 Å². The Morgan fingerprint density at radius 1 is 1.06 bits per heavy atom. The minimum Gasteiger partial charge on any atom is -0.388 e. The third-order valence-electron chi connectivity index (χ3n) is 2.93. The number of hydrogen-bond acceptors (Lipinski definition) is 4. The normalized spacial score (nSPS) is 13.6. The molecule has 4 nitrogen and oxygen atoms in total. The van der Waals surface area contributed by atoms with Gasteiger partial charge in [0.15, 0.2) is 5.69 Å². The van der Waals surface area contributed by atoms with Gasteiger partial charge in [-0.3, -0.25) is 0 Å². The predicted molar refractivity (Wildman–Crippen MR) is 61.0 cm³/mol. The topological polar surface area (TPSA) is 58.0 Å². The first-order chi connectivity index (χ1) is 7.93. The molecule has 1 heterocycles. The molecule has 0 saturated heterocycles. The van der Waals surface area contributed by atoms with Crippen LogP contribution in [0.1, 0.15) is 33.4 Å². The van der Waals surface area contributed by atoms with Gasteiger partial charge >= 0.3 is 6.18 Å². The van der Waals surface area contributed by atoms with Crippen molar-refractivity contribution in [2.45, 2.75) is 45.0 Å². The van der Waals surface area contributed by atoms with Crippen LogP contribution in [-0.2, 0) is 6.18 Å². The Kier molecular flexibility index (Phi) is 3.58. The van der Waals surface area contributed by atoms with E-state index in [2.05, 4.69) is 15.5 Å². The van der Waals surface area contributed by atoms with Gasteiger partial charge in [0.2, 0.25) is 0 Å². The number of nitrogens with one attached hydrogen (secondary N) is 1. The van der Waals surface area contributed by atoms with Crippen molar-refractivity contribution in [2.75, 3.05) is 5.32 Å². The molecule has 0 atom stereocenters. The van der Waals surface area contributed by atoms with Gasteiger partial charge in [0.25, 0.3) is 0 Å². The number of nitrogens with zero attached hydrogens (tertiary/aromatic N) is 2. The largest absolute Gasteiger partial charge is 0.435 e. The Hall–Kier alpha value is -1.37. The molecule has 0 spiro atoms. The molecule has 1 aromatic rings. The van der Waals surface area contributed by atoms with Gasteiger partial charge in [0.05, 0.1) is 11.1 Å². The SMILES string of the molecule is CC(C)(O)C(C)(C)Nc1ccc(C(F)(F)F)nn1. The predicted octanol–water partition coefficient (Wildman–Crippen LogP) is 2.46. The van der Waals surface area contributed by atoms with E-state index in [9.17, 15) is 18.3 Å². The summed E-state index contributed by atoms with van der Waals surface area (Å²) in [4.78, 5) is 0. The Balaban J connectivity index is 2.89. The van der Waals surface area contributed by atoms with E-state index in [1.54, 1.807) is 27.7 Å². The molecule has 0 aromatic carbocycles. The minimum atomic E-state index is -4.50. The summed E-state index contributed by atoms with van der Waals surface area (Å²) in [6.07, 6.45) is -4.50. The van der Waals surface area contributed by atoms with Crippen molar-refractivity contribution < 1.29 is 18.3 Å². The third kappa shape index (κ3) is 3.32. The molecular weight excluding hydrogens is 247 g/mol. The molecule has 1 rings (SSSR count). The van der Waals surface area contributed by atoms with Crippen LogP contribution in [0.3, 0.4) is 0 Å². The van der Waals surface area contributed by atoms with Crippen LogP contribution < -0.4 is 5.32 Å². The average Bonchev–Trinajstić information content (AvgIpc) is 2.14. The highest BCUT2D eigenvalue weighted by Gasteiger charge is 2.36. The van der Waals surface area contributed by atoms with Crippen LogP contribution in [0.25, 0.3) is 0 Å². The van der Waals surface area contributed by atoms with Crippen LogP contribution >= 0.6 is 0 Å². The number of hydrogen-bond donors (Lipinski definition) is 2. The molecule has 2 N–H and O–H groups in total. The maximum absolute atomic E-state index is 12.3. The number of anilines is 1. The summed E-state index contributed by atoms with van der Waals surface area (Å²) in [5.41, 5.74) is -2.88. The van der Waals surface area contributed by atoms with Crippen LogP contribution in [0.5, 0.6) is 0 Å². The maximum atomic E-state index is 12.3. The first-order valence-corrected chi connectivity index (χ1v) is 5.35. The molecule has 18 heavy (non-hydrogen) atoms. The molecule has 0 fully saturated rings. The van der Waals surface area contributed by atoms with Crippen molar-refractivity contribution in [1.82, 2.24) is 10.2 Å². The Labute approximate surface area is 103 Å². The second-order valence-electron chi connectivity index (χ2n) is 5.11. The number of rotatable bonds is 3. The van der Waals surface area contributed by atoms with Gasteiger partial charge in [-0.2, -0.15) is 13.2 Å². The number of aromatic nitrogens is 2. The second-order valence-corrected chi connectivity index (χ2v) is 5.11. The van der Waals surface area contributed by atoms with Crippen LogP contribution in [0, 0.1) is 0 Å². The molecular formula is C11H16F3N3O. The summed E-state index contributed by atoms with van der Waals surface area (Å²) in [7, 11) is 0. The lowest BCUT2D eigenvalue weighted by Gasteiger charge is -2.38. The highest BCUT2D eigenvalue weighted by atomic mass is 19.4. The molecule has 7 heteroatoms. The molecule has 0 amide bonds. The number of alkyl halides is 3. The van der Waals surface area contributed by atoms with E-state index in [4.69, 9.17) is 0 Å². The average molecular weight is 263 g/mol. The first-order valence-electron chi connectivity index (χ1n) is 5.35. The molecule has 0 aliphatic carbocycles. The molecule has 0 saturated carbocycles. The van der Waals surface area contributed by atoms with Gasteiger partial charge in [-0.15, -0.1) is 10.2 Å². The Morgan fingerprint density at radius 3 is 1.94 bits per heavy atom. The standard InChI is InChI=1S/C11H16F3N3O/c1-9(2,10(3,4)18)15-8-6-5-7(16-17-8)11(12,13)14/h5-6,18H,1-4H3,(H,15,17). The highest BCUT2D eigenvalue weighted by Crippen LogP contribution is 2.28. The zero-order valence-electron chi connectivity index (χ0n) is 10.6. The number of halogens is 3. The second kappa shape index (κ2) is 4.38. The molecule has 0 unspecified atom stereocenters. The van der Waals surface area contributed by atoms with E-state index in [0.29, 0.717) is 0 Å². The molecule has 1 aromatic heterocycles. The van der Waals surface area contributed by atoms with Crippen LogP contribution in [0.2, 0.25) is 0 Å². The van der Waals surface area contributed by atoms with Crippen molar-refractivity contribution >= 4 is 5.82 Å². The van der Waals surface area contributed by atoms with Gasteiger partial charge in [-0.25, -0.2) is 0 Å². The van der Waals surface area contributed by atoms with Crippen molar-refractivity contribution in [3.8, 4) is 0 Å². The van der Waals surface area contributed by atoms with Gasteiger partial charge in [0, 0.05) is 0 Å². The fourth-order valence-corrected chi connectivity index (χ4v) is 1.02. The van der Waals surface area contributed by atoms with Crippen molar-refractivity contribution in [3.63, 3.8) is 0 Å². The summed E-state index contributed by atoms with van der Waals surface area (Å²) >= 11 is 0. The zero-order valence-corrected chi connectivity index (χ0v) is 10.6. The summed E-state index contributed by atoms with van der Waals surface area (Å²) in [6, 6.07) is 2.03. The minimum absolute atomic E-state index is 0.176. The lowest BCUT2D eigenvalue weighted by Crippen LogP contribution is -2.51. The smallest absolute Gasteiger partial charge is 0.388 e. The van der Waals surface area contributed by atoms with E-state index >= 15 is 0 Å².